The van der Waals surface area contributed by atoms with Gasteiger partial charge in [-0.25, -0.2) is 9.97 Å². The lowest BCUT2D eigenvalue weighted by molar-refractivity contribution is 0.771. The van der Waals surface area contributed by atoms with E-state index in [1.807, 2.05) is 18.2 Å². The first-order valence-electron chi connectivity index (χ1n) is 6.52. The first-order chi connectivity index (χ1) is 9.06. The van der Waals surface area contributed by atoms with E-state index in [2.05, 4.69) is 48.2 Å². The van der Waals surface area contributed by atoms with Crippen LogP contribution in [0.2, 0.25) is 0 Å². The minimum absolute atomic E-state index is 0.176. The number of rotatable bonds is 4. The Balaban J connectivity index is 2.19. The molecule has 0 radical (unpaired) electrons. The minimum Gasteiger partial charge on any atom is -0.384 e. The summed E-state index contributed by atoms with van der Waals surface area (Å²) in [7, 11) is 0. The molecule has 0 spiro atoms. The van der Waals surface area contributed by atoms with Crippen LogP contribution in [-0.2, 0) is 0 Å². The van der Waals surface area contributed by atoms with Gasteiger partial charge < -0.3 is 11.1 Å². The third-order valence-electron chi connectivity index (χ3n) is 2.94. The standard InChI is InChI=1S/C15H20N4/c1-10(2)15-18-13(16)9-14(19-15)17-11(3)12-7-5-4-6-8-12/h4-11H,1-3H3,(H3,16,17,18,19). The van der Waals surface area contributed by atoms with E-state index in [1.165, 1.54) is 5.56 Å². The molecule has 4 heteroatoms. The van der Waals surface area contributed by atoms with Gasteiger partial charge in [-0.1, -0.05) is 44.2 Å². The predicted octanol–water partition coefficient (Wildman–Crippen LogP) is 3.36. The second-order valence-electron chi connectivity index (χ2n) is 4.97. The number of nitrogens with one attached hydrogen (secondary N) is 1. The second-order valence-corrected chi connectivity index (χ2v) is 4.97. The van der Waals surface area contributed by atoms with E-state index in [0.717, 1.165) is 11.6 Å². The molecule has 1 heterocycles. The van der Waals surface area contributed by atoms with Gasteiger partial charge in [-0.15, -0.1) is 0 Å². The van der Waals surface area contributed by atoms with E-state index in [-0.39, 0.29) is 12.0 Å². The molecule has 2 aromatic rings. The van der Waals surface area contributed by atoms with Gasteiger partial charge >= 0.3 is 0 Å². The van der Waals surface area contributed by atoms with Crippen LogP contribution in [0.5, 0.6) is 0 Å². The third kappa shape index (κ3) is 3.44. The molecule has 1 atom stereocenters. The number of benzene rings is 1. The van der Waals surface area contributed by atoms with Gasteiger partial charge in [-0.2, -0.15) is 0 Å². The molecule has 100 valence electrons. The monoisotopic (exact) mass is 256 g/mol. The van der Waals surface area contributed by atoms with Crippen LogP contribution >= 0.6 is 0 Å². The fourth-order valence-electron chi connectivity index (χ4n) is 1.86. The van der Waals surface area contributed by atoms with Gasteiger partial charge in [0.05, 0.1) is 0 Å². The fourth-order valence-corrected chi connectivity index (χ4v) is 1.86. The molecule has 1 aromatic carbocycles. The number of hydrogen-bond donors (Lipinski definition) is 2. The average molecular weight is 256 g/mol. The lowest BCUT2D eigenvalue weighted by Gasteiger charge is -2.16. The van der Waals surface area contributed by atoms with Crippen LogP contribution in [0.15, 0.2) is 36.4 Å². The molecule has 2 rings (SSSR count). The van der Waals surface area contributed by atoms with Gasteiger partial charge in [-0.05, 0) is 12.5 Å². The number of nitrogens with two attached hydrogens (primary N) is 1. The summed E-state index contributed by atoms with van der Waals surface area (Å²) in [6, 6.07) is 12.2. The molecule has 0 aliphatic carbocycles. The lowest BCUT2D eigenvalue weighted by Crippen LogP contribution is -2.11. The van der Waals surface area contributed by atoms with Crippen molar-refractivity contribution in [1.29, 1.82) is 0 Å². The number of anilines is 2. The molecular formula is C15H20N4. The Kier molecular flexibility index (Phi) is 4.00. The van der Waals surface area contributed by atoms with Gasteiger partial charge in [0.1, 0.15) is 17.5 Å². The summed E-state index contributed by atoms with van der Waals surface area (Å²) in [5.74, 6) is 2.30. The van der Waals surface area contributed by atoms with Crippen molar-refractivity contribution in [3.8, 4) is 0 Å². The van der Waals surface area contributed by atoms with Gasteiger partial charge in [-0.3, -0.25) is 0 Å². The summed E-state index contributed by atoms with van der Waals surface area (Å²) < 4.78 is 0. The van der Waals surface area contributed by atoms with Crippen LogP contribution in [0, 0.1) is 0 Å². The second kappa shape index (κ2) is 5.69. The highest BCUT2D eigenvalue weighted by atomic mass is 15.1. The summed E-state index contributed by atoms with van der Waals surface area (Å²) in [4.78, 5) is 8.74. The maximum absolute atomic E-state index is 5.82. The van der Waals surface area contributed by atoms with Crippen LogP contribution < -0.4 is 11.1 Å². The Morgan fingerprint density at radius 1 is 1.05 bits per heavy atom. The molecule has 0 fully saturated rings. The topological polar surface area (TPSA) is 63.8 Å². The van der Waals surface area contributed by atoms with Crippen LogP contribution in [0.3, 0.4) is 0 Å². The molecule has 0 aliphatic heterocycles. The van der Waals surface area contributed by atoms with Gasteiger partial charge in [0.15, 0.2) is 0 Å². The molecule has 0 aliphatic rings. The largest absolute Gasteiger partial charge is 0.384 e. The minimum atomic E-state index is 0.176. The van der Waals surface area contributed by atoms with E-state index >= 15 is 0 Å². The Labute approximate surface area is 114 Å². The van der Waals surface area contributed by atoms with E-state index in [1.54, 1.807) is 6.07 Å². The van der Waals surface area contributed by atoms with Crippen molar-refractivity contribution in [1.82, 2.24) is 9.97 Å². The van der Waals surface area contributed by atoms with Crippen LogP contribution in [0.4, 0.5) is 11.6 Å². The maximum Gasteiger partial charge on any atom is 0.135 e. The molecule has 4 nitrogen and oxygen atoms in total. The van der Waals surface area contributed by atoms with Crippen molar-refractivity contribution < 1.29 is 0 Å². The van der Waals surface area contributed by atoms with Crippen LogP contribution in [-0.4, -0.2) is 9.97 Å². The normalized spacial score (nSPS) is 12.4. The zero-order valence-electron chi connectivity index (χ0n) is 11.6. The van der Waals surface area contributed by atoms with Gasteiger partial charge in [0, 0.05) is 18.0 Å². The Morgan fingerprint density at radius 3 is 2.37 bits per heavy atom. The molecule has 0 bridgehead atoms. The summed E-state index contributed by atoms with van der Waals surface area (Å²) in [5, 5.41) is 3.36. The van der Waals surface area contributed by atoms with E-state index < -0.39 is 0 Å². The molecule has 1 aromatic heterocycles. The first kappa shape index (κ1) is 13.3. The average Bonchev–Trinajstić information content (AvgIpc) is 2.39. The van der Waals surface area contributed by atoms with Crippen molar-refractivity contribution in [3.63, 3.8) is 0 Å². The SMILES string of the molecule is CC(C)c1nc(N)cc(NC(C)c2ccccc2)n1. The summed E-state index contributed by atoms with van der Waals surface area (Å²) in [6.07, 6.45) is 0. The van der Waals surface area contributed by atoms with Crippen molar-refractivity contribution in [3.05, 3.63) is 47.8 Å². The molecule has 0 amide bonds. The Hall–Kier alpha value is -2.10. The third-order valence-corrected chi connectivity index (χ3v) is 2.94. The molecule has 0 saturated heterocycles. The number of nitrogen functional groups attached to an aromatic ring is 1. The van der Waals surface area contributed by atoms with Gasteiger partial charge in [0.2, 0.25) is 0 Å². The van der Waals surface area contributed by atoms with Crippen LogP contribution in [0.25, 0.3) is 0 Å². The lowest BCUT2D eigenvalue weighted by atomic mass is 10.1. The molecule has 3 N–H and O–H groups in total. The molecule has 1 unspecified atom stereocenters. The van der Waals surface area contributed by atoms with E-state index in [0.29, 0.717) is 5.82 Å². The van der Waals surface area contributed by atoms with E-state index in [9.17, 15) is 0 Å². The highest BCUT2D eigenvalue weighted by molar-refractivity contribution is 5.46. The molecule has 0 saturated carbocycles. The van der Waals surface area contributed by atoms with Crippen LogP contribution in [0.1, 0.15) is 44.1 Å². The number of hydrogen-bond acceptors (Lipinski definition) is 4. The number of aromatic nitrogens is 2. The zero-order chi connectivity index (χ0) is 13.8. The summed E-state index contributed by atoms with van der Waals surface area (Å²) in [5.41, 5.74) is 7.03. The highest BCUT2D eigenvalue weighted by Crippen LogP contribution is 2.20. The summed E-state index contributed by atoms with van der Waals surface area (Å²) >= 11 is 0. The van der Waals surface area contributed by atoms with Gasteiger partial charge in [0.25, 0.3) is 0 Å². The Bertz CT molecular complexity index is 537. The Morgan fingerprint density at radius 2 is 1.74 bits per heavy atom. The quantitative estimate of drug-likeness (QED) is 0.880. The smallest absolute Gasteiger partial charge is 0.135 e. The fraction of sp³-hybridized carbons (Fsp3) is 0.333. The zero-order valence-corrected chi connectivity index (χ0v) is 11.6. The van der Waals surface area contributed by atoms with Crippen molar-refractivity contribution in [2.24, 2.45) is 0 Å². The molecule has 19 heavy (non-hydrogen) atoms. The maximum atomic E-state index is 5.82. The molecular weight excluding hydrogens is 236 g/mol. The van der Waals surface area contributed by atoms with E-state index in [4.69, 9.17) is 5.73 Å². The summed E-state index contributed by atoms with van der Waals surface area (Å²) in [6.45, 7) is 6.21. The highest BCUT2D eigenvalue weighted by Gasteiger charge is 2.09. The van der Waals surface area contributed by atoms with Crippen molar-refractivity contribution >= 4 is 11.6 Å². The first-order valence-corrected chi connectivity index (χ1v) is 6.52. The van der Waals surface area contributed by atoms with Crippen molar-refractivity contribution in [2.45, 2.75) is 32.7 Å². The number of nitrogens with zero attached hydrogens (tertiary/aromatic N) is 2. The van der Waals surface area contributed by atoms with Crippen molar-refractivity contribution in [2.75, 3.05) is 11.1 Å². The predicted molar refractivity (Wildman–Crippen MR) is 79.0 cm³/mol.